The van der Waals surface area contributed by atoms with Crippen LogP contribution >= 0.6 is 11.3 Å². The van der Waals surface area contributed by atoms with Crippen LogP contribution in [0.3, 0.4) is 0 Å². The normalized spacial score (nSPS) is 16.9. The van der Waals surface area contributed by atoms with Gasteiger partial charge in [0.2, 0.25) is 5.91 Å². The second-order valence-electron chi connectivity index (χ2n) is 8.36. The van der Waals surface area contributed by atoms with Gasteiger partial charge in [0, 0.05) is 24.5 Å². The van der Waals surface area contributed by atoms with Crippen molar-refractivity contribution in [2.24, 2.45) is 0 Å². The van der Waals surface area contributed by atoms with Gasteiger partial charge in [0.25, 0.3) is 0 Å². The summed E-state index contributed by atoms with van der Waals surface area (Å²) in [4.78, 5) is 30.9. The van der Waals surface area contributed by atoms with Gasteiger partial charge in [-0.05, 0) is 62.0 Å². The van der Waals surface area contributed by atoms with Gasteiger partial charge < -0.3 is 14.8 Å². The zero-order valence-corrected chi connectivity index (χ0v) is 19.6. The van der Waals surface area contributed by atoms with Crippen LogP contribution in [0.15, 0.2) is 24.3 Å². The molecule has 1 saturated heterocycles. The zero-order chi connectivity index (χ0) is 22.5. The SMILES string of the molecule is COC(=O)c1c(NC(=O)CN2CCCN(Cc3ccc(OC)cc3)CC2)sc2c1CCC2. The van der Waals surface area contributed by atoms with E-state index in [1.807, 2.05) is 12.1 Å². The standard InChI is InChI=1S/C24H31N3O4S/c1-30-18-9-7-17(8-10-18)15-26-11-4-12-27(14-13-26)16-21(28)25-23-22(24(29)31-2)19-5-3-6-20(19)32-23/h7-10H,3-6,11-16H2,1-2H3,(H,25,28). The molecule has 1 aliphatic heterocycles. The first-order valence-corrected chi connectivity index (χ1v) is 12.0. The summed E-state index contributed by atoms with van der Waals surface area (Å²) < 4.78 is 10.2. The lowest BCUT2D eigenvalue weighted by Crippen LogP contribution is -2.36. The van der Waals surface area contributed by atoms with E-state index in [0.717, 1.165) is 69.7 Å². The highest BCUT2D eigenvalue weighted by Crippen LogP contribution is 2.39. The van der Waals surface area contributed by atoms with Gasteiger partial charge in [-0.2, -0.15) is 0 Å². The zero-order valence-electron chi connectivity index (χ0n) is 18.8. The average Bonchev–Trinajstić information content (AvgIpc) is 3.30. The Morgan fingerprint density at radius 2 is 1.75 bits per heavy atom. The first kappa shape index (κ1) is 22.8. The van der Waals surface area contributed by atoms with Crippen molar-refractivity contribution in [1.82, 2.24) is 9.80 Å². The summed E-state index contributed by atoms with van der Waals surface area (Å²) in [5.74, 6) is 0.440. The smallest absolute Gasteiger partial charge is 0.341 e. The number of hydrogen-bond donors (Lipinski definition) is 1. The Labute approximate surface area is 193 Å². The van der Waals surface area contributed by atoms with Crippen molar-refractivity contribution in [3.05, 3.63) is 45.8 Å². The fraction of sp³-hybridized carbons (Fsp3) is 0.500. The molecule has 2 aliphatic rings. The summed E-state index contributed by atoms with van der Waals surface area (Å²) >= 11 is 1.52. The molecule has 0 bridgehead atoms. The van der Waals surface area contributed by atoms with Gasteiger partial charge >= 0.3 is 5.97 Å². The van der Waals surface area contributed by atoms with Gasteiger partial charge in [0.15, 0.2) is 0 Å². The number of esters is 1. The van der Waals surface area contributed by atoms with Crippen molar-refractivity contribution in [1.29, 1.82) is 0 Å². The van der Waals surface area contributed by atoms with E-state index in [1.165, 1.54) is 28.9 Å². The molecule has 1 aromatic carbocycles. The van der Waals surface area contributed by atoms with E-state index in [2.05, 4.69) is 27.2 Å². The Morgan fingerprint density at radius 1 is 1.00 bits per heavy atom. The average molecular weight is 458 g/mol. The predicted octanol–water partition coefficient (Wildman–Crippen LogP) is 3.18. The molecule has 1 N–H and O–H groups in total. The van der Waals surface area contributed by atoms with Crippen molar-refractivity contribution >= 4 is 28.2 Å². The summed E-state index contributed by atoms with van der Waals surface area (Å²) in [5.41, 5.74) is 2.87. The molecule has 0 atom stereocenters. The Kier molecular flexibility index (Phi) is 7.44. The number of nitrogens with one attached hydrogen (secondary N) is 1. The summed E-state index contributed by atoms with van der Waals surface area (Å²) in [7, 11) is 3.07. The van der Waals surface area contributed by atoms with Crippen molar-refractivity contribution < 1.29 is 19.1 Å². The minimum atomic E-state index is -0.358. The number of carbonyl (C=O) groups excluding carboxylic acids is 2. The number of ether oxygens (including phenoxy) is 2. The number of fused-ring (bicyclic) bond motifs is 1. The van der Waals surface area contributed by atoms with Gasteiger partial charge in [-0.1, -0.05) is 12.1 Å². The summed E-state index contributed by atoms with van der Waals surface area (Å²) in [6.45, 7) is 4.88. The van der Waals surface area contributed by atoms with Crippen LogP contribution in [0.5, 0.6) is 5.75 Å². The third-order valence-electron chi connectivity index (χ3n) is 6.18. The van der Waals surface area contributed by atoms with E-state index >= 15 is 0 Å². The molecule has 0 unspecified atom stereocenters. The fourth-order valence-corrected chi connectivity index (χ4v) is 5.80. The van der Waals surface area contributed by atoms with E-state index in [-0.39, 0.29) is 11.9 Å². The van der Waals surface area contributed by atoms with Crippen LogP contribution in [0, 0.1) is 0 Å². The molecule has 1 fully saturated rings. The molecule has 0 spiro atoms. The van der Waals surface area contributed by atoms with Gasteiger partial charge in [0.05, 0.1) is 26.3 Å². The predicted molar refractivity (Wildman–Crippen MR) is 126 cm³/mol. The Morgan fingerprint density at radius 3 is 2.50 bits per heavy atom. The summed E-state index contributed by atoms with van der Waals surface area (Å²) in [6.07, 6.45) is 3.92. The van der Waals surface area contributed by atoms with Crippen LogP contribution in [-0.4, -0.2) is 68.6 Å². The number of benzene rings is 1. The quantitative estimate of drug-likeness (QED) is 0.644. The molecule has 1 aromatic heterocycles. The first-order chi connectivity index (χ1) is 15.6. The first-order valence-electron chi connectivity index (χ1n) is 11.2. The molecular formula is C24H31N3O4S. The van der Waals surface area contributed by atoms with Crippen LogP contribution in [0.2, 0.25) is 0 Å². The lowest BCUT2D eigenvalue weighted by molar-refractivity contribution is -0.117. The second kappa shape index (κ2) is 10.5. The third-order valence-corrected chi connectivity index (χ3v) is 7.38. The largest absolute Gasteiger partial charge is 0.497 e. The van der Waals surface area contributed by atoms with E-state index in [1.54, 1.807) is 7.11 Å². The molecule has 0 saturated carbocycles. The van der Waals surface area contributed by atoms with Crippen molar-refractivity contribution in [3.63, 3.8) is 0 Å². The summed E-state index contributed by atoms with van der Waals surface area (Å²) in [5, 5.41) is 3.64. The number of hydrogen-bond acceptors (Lipinski definition) is 7. The molecule has 0 radical (unpaired) electrons. The number of methoxy groups -OCH3 is 2. The van der Waals surface area contributed by atoms with Crippen LogP contribution < -0.4 is 10.1 Å². The van der Waals surface area contributed by atoms with Crippen LogP contribution in [-0.2, 0) is 28.9 Å². The lowest BCUT2D eigenvalue weighted by atomic mass is 10.1. The number of anilines is 1. The number of nitrogens with zero attached hydrogens (tertiary/aromatic N) is 2. The molecule has 172 valence electrons. The highest BCUT2D eigenvalue weighted by atomic mass is 32.1. The molecule has 2 aromatic rings. The third kappa shape index (κ3) is 5.31. The molecule has 2 heterocycles. The van der Waals surface area contributed by atoms with Crippen molar-refractivity contribution in [2.75, 3.05) is 52.3 Å². The van der Waals surface area contributed by atoms with E-state index in [9.17, 15) is 9.59 Å². The maximum absolute atomic E-state index is 12.8. The van der Waals surface area contributed by atoms with Gasteiger partial charge in [-0.25, -0.2) is 4.79 Å². The maximum Gasteiger partial charge on any atom is 0.341 e. The van der Waals surface area contributed by atoms with Crippen LogP contribution in [0.1, 0.15) is 39.2 Å². The van der Waals surface area contributed by atoms with Crippen molar-refractivity contribution in [2.45, 2.75) is 32.2 Å². The van der Waals surface area contributed by atoms with Crippen LogP contribution in [0.4, 0.5) is 5.00 Å². The molecule has 1 amide bonds. The number of thiophene rings is 1. The van der Waals surface area contributed by atoms with Gasteiger partial charge in [0.1, 0.15) is 10.8 Å². The Hall–Kier alpha value is -2.42. The highest BCUT2D eigenvalue weighted by Gasteiger charge is 2.28. The second-order valence-corrected chi connectivity index (χ2v) is 9.46. The monoisotopic (exact) mass is 457 g/mol. The minimum absolute atomic E-state index is 0.0707. The minimum Gasteiger partial charge on any atom is -0.497 e. The molecule has 1 aliphatic carbocycles. The van der Waals surface area contributed by atoms with Crippen LogP contribution in [0.25, 0.3) is 0 Å². The fourth-order valence-electron chi connectivity index (χ4n) is 4.51. The van der Waals surface area contributed by atoms with Crippen molar-refractivity contribution in [3.8, 4) is 5.75 Å². The van der Waals surface area contributed by atoms with E-state index < -0.39 is 0 Å². The van der Waals surface area contributed by atoms with Gasteiger partial charge in [-0.3, -0.25) is 14.6 Å². The molecule has 32 heavy (non-hydrogen) atoms. The molecule has 4 rings (SSSR count). The molecular weight excluding hydrogens is 426 g/mol. The number of rotatable bonds is 7. The highest BCUT2D eigenvalue weighted by molar-refractivity contribution is 7.17. The topological polar surface area (TPSA) is 71.1 Å². The number of carbonyl (C=O) groups is 2. The van der Waals surface area contributed by atoms with Gasteiger partial charge in [-0.15, -0.1) is 11.3 Å². The Balaban J connectivity index is 1.31. The maximum atomic E-state index is 12.8. The molecule has 8 heteroatoms. The summed E-state index contributed by atoms with van der Waals surface area (Å²) in [6, 6.07) is 8.19. The van der Waals surface area contributed by atoms with E-state index in [0.29, 0.717) is 17.1 Å². The number of amides is 1. The lowest BCUT2D eigenvalue weighted by Gasteiger charge is -2.21. The molecule has 7 nitrogen and oxygen atoms in total. The number of aryl methyl sites for hydroxylation is 1. The Bertz CT molecular complexity index is 957. The van der Waals surface area contributed by atoms with E-state index in [4.69, 9.17) is 9.47 Å².